The SMILES string of the molecule is CC(C)CCc1ccccc1CNC1CC1. The van der Waals surface area contributed by atoms with Crippen molar-refractivity contribution in [2.75, 3.05) is 0 Å². The van der Waals surface area contributed by atoms with Gasteiger partial charge in [0.15, 0.2) is 0 Å². The van der Waals surface area contributed by atoms with Crippen LogP contribution < -0.4 is 5.32 Å². The normalized spacial score (nSPS) is 15.7. The Hall–Kier alpha value is -0.820. The third kappa shape index (κ3) is 3.64. The summed E-state index contributed by atoms with van der Waals surface area (Å²) < 4.78 is 0. The first-order chi connectivity index (χ1) is 7.75. The summed E-state index contributed by atoms with van der Waals surface area (Å²) in [5.74, 6) is 0.796. The Bertz CT molecular complexity index is 301. The summed E-state index contributed by atoms with van der Waals surface area (Å²) in [5.41, 5.74) is 3.03. The molecule has 0 atom stereocenters. The lowest BCUT2D eigenvalue weighted by Crippen LogP contribution is -2.16. The number of hydrogen-bond donors (Lipinski definition) is 1. The molecule has 0 spiro atoms. The van der Waals surface area contributed by atoms with Gasteiger partial charge < -0.3 is 5.32 Å². The lowest BCUT2D eigenvalue weighted by Gasteiger charge is -2.11. The summed E-state index contributed by atoms with van der Waals surface area (Å²) in [4.78, 5) is 0. The maximum atomic E-state index is 3.60. The van der Waals surface area contributed by atoms with Crippen molar-refractivity contribution in [2.24, 2.45) is 5.92 Å². The van der Waals surface area contributed by atoms with Crippen LogP contribution in [0.15, 0.2) is 24.3 Å². The third-order valence-electron chi connectivity index (χ3n) is 3.27. The molecule has 2 rings (SSSR count). The molecule has 16 heavy (non-hydrogen) atoms. The topological polar surface area (TPSA) is 12.0 Å². The van der Waals surface area contributed by atoms with E-state index in [0.29, 0.717) is 0 Å². The minimum atomic E-state index is 0.796. The minimum Gasteiger partial charge on any atom is -0.310 e. The van der Waals surface area contributed by atoms with Gasteiger partial charge in [0.1, 0.15) is 0 Å². The van der Waals surface area contributed by atoms with E-state index in [1.54, 1.807) is 0 Å². The predicted octanol–water partition coefficient (Wildman–Crippen LogP) is 3.53. The second-order valence-corrected chi connectivity index (χ2v) is 5.36. The van der Waals surface area contributed by atoms with Gasteiger partial charge in [0.25, 0.3) is 0 Å². The average molecular weight is 217 g/mol. The molecule has 0 unspecified atom stereocenters. The molecular weight excluding hydrogens is 194 g/mol. The van der Waals surface area contributed by atoms with E-state index < -0.39 is 0 Å². The van der Waals surface area contributed by atoms with Gasteiger partial charge in [-0.3, -0.25) is 0 Å². The maximum Gasteiger partial charge on any atom is 0.0210 e. The van der Waals surface area contributed by atoms with Crippen molar-refractivity contribution in [1.29, 1.82) is 0 Å². The molecular formula is C15H23N. The van der Waals surface area contributed by atoms with Gasteiger partial charge >= 0.3 is 0 Å². The highest BCUT2D eigenvalue weighted by molar-refractivity contribution is 5.27. The van der Waals surface area contributed by atoms with E-state index in [0.717, 1.165) is 18.5 Å². The molecule has 0 amide bonds. The van der Waals surface area contributed by atoms with Gasteiger partial charge in [0.2, 0.25) is 0 Å². The summed E-state index contributed by atoms with van der Waals surface area (Å²) in [5, 5.41) is 3.60. The van der Waals surface area contributed by atoms with Crippen LogP contribution in [-0.4, -0.2) is 6.04 Å². The third-order valence-corrected chi connectivity index (χ3v) is 3.27. The van der Waals surface area contributed by atoms with Crippen molar-refractivity contribution >= 4 is 0 Å². The van der Waals surface area contributed by atoms with E-state index in [4.69, 9.17) is 0 Å². The van der Waals surface area contributed by atoms with Gasteiger partial charge in [0, 0.05) is 12.6 Å². The fraction of sp³-hybridized carbons (Fsp3) is 0.600. The Morgan fingerprint density at radius 1 is 1.19 bits per heavy atom. The van der Waals surface area contributed by atoms with Gasteiger partial charge in [-0.15, -0.1) is 0 Å². The van der Waals surface area contributed by atoms with Crippen molar-refractivity contribution in [2.45, 2.75) is 52.1 Å². The Morgan fingerprint density at radius 3 is 2.50 bits per heavy atom. The Balaban J connectivity index is 1.92. The van der Waals surface area contributed by atoms with Gasteiger partial charge in [-0.1, -0.05) is 38.1 Å². The van der Waals surface area contributed by atoms with E-state index in [9.17, 15) is 0 Å². The number of hydrogen-bond acceptors (Lipinski definition) is 1. The summed E-state index contributed by atoms with van der Waals surface area (Å²) in [7, 11) is 0. The summed E-state index contributed by atoms with van der Waals surface area (Å²) in [6.45, 7) is 5.65. The summed E-state index contributed by atoms with van der Waals surface area (Å²) in [6.07, 6.45) is 5.25. The first-order valence-electron chi connectivity index (χ1n) is 6.56. The smallest absolute Gasteiger partial charge is 0.0210 e. The molecule has 0 saturated heterocycles. The first-order valence-corrected chi connectivity index (χ1v) is 6.56. The molecule has 0 aromatic heterocycles. The molecule has 0 aliphatic heterocycles. The molecule has 1 aliphatic carbocycles. The van der Waals surface area contributed by atoms with E-state index in [1.807, 2.05) is 0 Å². The molecule has 1 fully saturated rings. The standard InChI is InChI=1S/C15H23N/c1-12(2)7-8-13-5-3-4-6-14(13)11-16-15-9-10-15/h3-6,12,15-16H,7-11H2,1-2H3. The fourth-order valence-electron chi connectivity index (χ4n) is 1.96. The number of nitrogens with one attached hydrogen (secondary N) is 1. The van der Waals surface area contributed by atoms with Crippen LogP contribution in [0.1, 0.15) is 44.2 Å². The Morgan fingerprint density at radius 2 is 1.88 bits per heavy atom. The van der Waals surface area contributed by atoms with Crippen LogP contribution in [0, 0.1) is 5.92 Å². The fourth-order valence-corrected chi connectivity index (χ4v) is 1.96. The Labute approximate surface area is 99.3 Å². The highest BCUT2D eigenvalue weighted by atomic mass is 14.9. The van der Waals surface area contributed by atoms with Crippen LogP contribution in [0.25, 0.3) is 0 Å². The van der Waals surface area contributed by atoms with Gasteiger partial charge in [0.05, 0.1) is 0 Å². The first kappa shape index (κ1) is 11.7. The molecule has 1 aliphatic rings. The lowest BCUT2D eigenvalue weighted by atomic mass is 9.98. The molecule has 1 saturated carbocycles. The van der Waals surface area contributed by atoms with Crippen molar-refractivity contribution in [3.05, 3.63) is 35.4 Å². The van der Waals surface area contributed by atoms with E-state index in [1.165, 1.54) is 36.8 Å². The van der Waals surface area contributed by atoms with Crippen LogP contribution in [0.4, 0.5) is 0 Å². The highest BCUT2D eigenvalue weighted by Gasteiger charge is 2.20. The zero-order valence-corrected chi connectivity index (χ0v) is 10.5. The predicted molar refractivity (Wildman–Crippen MR) is 69.5 cm³/mol. The van der Waals surface area contributed by atoms with Crippen LogP contribution in [0.3, 0.4) is 0 Å². The summed E-state index contributed by atoms with van der Waals surface area (Å²) in [6, 6.07) is 9.68. The Kier molecular flexibility index (Phi) is 4.00. The van der Waals surface area contributed by atoms with Crippen LogP contribution >= 0.6 is 0 Å². The van der Waals surface area contributed by atoms with Gasteiger partial charge in [-0.25, -0.2) is 0 Å². The molecule has 1 nitrogen and oxygen atoms in total. The van der Waals surface area contributed by atoms with Gasteiger partial charge in [-0.05, 0) is 42.7 Å². The van der Waals surface area contributed by atoms with Crippen LogP contribution in [-0.2, 0) is 13.0 Å². The minimum absolute atomic E-state index is 0.796. The quantitative estimate of drug-likeness (QED) is 0.768. The molecule has 1 N–H and O–H groups in total. The second kappa shape index (κ2) is 5.49. The zero-order valence-electron chi connectivity index (χ0n) is 10.5. The van der Waals surface area contributed by atoms with E-state index in [-0.39, 0.29) is 0 Å². The van der Waals surface area contributed by atoms with Crippen LogP contribution in [0.5, 0.6) is 0 Å². The molecule has 1 aromatic rings. The molecule has 0 bridgehead atoms. The van der Waals surface area contributed by atoms with Crippen molar-refractivity contribution in [3.8, 4) is 0 Å². The molecule has 0 heterocycles. The van der Waals surface area contributed by atoms with Crippen molar-refractivity contribution in [1.82, 2.24) is 5.32 Å². The molecule has 1 heteroatoms. The zero-order chi connectivity index (χ0) is 11.4. The second-order valence-electron chi connectivity index (χ2n) is 5.36. The highest BCUT2D eigenvalue weighted by Crippen LogP contribution is 2.20. The number of benzene rings is 1. The van der Waals surface area contributed by atoms with Gasteiger partial charge in [-0.2, -0.15) is 0 Å². The molecule has 0 radical (unpaired) electrons. The molecule has 1 aromatic carbocycles. The van der Waals surface area contributed by atoms with Crippen molar-refractivity contribution < 1.29 is 0 Å². The van der Waals surface area contributed by atoms with E-state index in [2.05, 4.69) is 43.4 Å². The lowest BCUT2D eigenvalue weighted by molar-refractivity contribution is 0.582. The molecule has 88 valence electrons. The largest absolute Gasteiger partial charge is 0.310 e. The summed E-state index contributed by atoms with van der Waals surface area (Å²) >= 11 is 0. The number of aryl methyl sites for hydroxylation is 1. The monoisotopic (exact) mass is 217 g/mol. The maximum absolute atomic E-state index is 3.60. The van der Waals surface area contributed by atoms with E-state index >= 15 is 0 Å². The number of rotatable bonds is 6. The average Bonchev–Trinajstić information content (AvgIpc) is 3.08. The van der Waals surface area contributed by atoms with Crippen molar-refractivity contribution in [3.63, 3.8) is 0 Å². The van der Waals surface area contributed by atoms with Crippen LogP contribution in [0.2, 0.25) is 0 Å².